The summed E-state index contributed by atoms with van der Waals surface area (Å²) in [5.41, 5.74) is 0.839. The Labute approximate surface area is 115 Å². The van der Waals surface area contributed by atoms with Crippen LogP contribution in [0.5, 0.6) is 11.5 Å². The van der Waals surface area contributed by atoms with Crippen molar-refractivity contribution in [3.05, 3.63) is 23.8 Å². The molecular weight excluding hydrogens is 300 g/mol. The van der Waals surface area contributed by atoms with Crippen molar-refractivity contribution < 1.29 is 19.0 Å². The number of carbonyl (C=O) groups excluding carboxylic acids is 1. The molecule has 1 aromatic carbocycles. The summed E-state index contributed by atoms with van der Waals surface area (Å²) in [6.07, 6.45) is 1.15. The average molecular weight is 317 g/mol. The second-order valence-electron chi connectivity index (χ2n) is 3.63. The molecule has 0 atom stereocenters. The molecule has 0 spiro atoms. The first-order valence-electron chi connectivity index (χ1n) is 5.63. The molecule has 0 fully saturated rings. The first-order chi connectivity index (χ1) is 8.71. The zero-order valence-electron chi connectivity index (χ0n) is 10.6. The fourth-order valence-electron chi connectivity index (χ4n) is 1.42. The van der Waals surface area contributed by atoms with Crippen molar-refractivity contribution in [3.63, 3.8) is 0 Å². The largest absolute Gasteiger partial charge is 0.493 e. The maximum atomic E-state index is 11.2. The zero-order valence-corrected chi connectivity index (χ0v) is 12.2. The van der Waals surface area contributed by atoms with Crippen LogP contribution in [0.2, 0.25) is 0 Å². The van der Waals surface area contributed by atoms with Crippen LogP contribution >= 0.6 is 15.9 Å². The first kappa shape index (κ1) is 14.8. The van der Waals surface area contributed by atoms with Gasteiger partial charge in [-0.25, -0.2) is 0 Å². The van der Waals surface area contributed by atoms with E-state index < -0.39 is 0 Å². The lowest BCUT2D eigenvalue weighted by Crippen LogP contribution is -2.05. The maximum Gasteiger partial charge on any atom is 0.309 e. The second kappa shape index (κ2) is 7.97. The number of hydrogen-bond donors (Lipinski definition) is 0. The summed E-state index contributed by atoms with van der Waals surface area (Å²) in [5.74, 6) is 1.04. The molecule has 0 aliphatic carbocycles. The summed E-state index contributed by atoms with van der Waals surface area (Å²) in [5, 5.41) is 0.899. The Morgan fingerprint density at radius 1 is 1.28 bits per heavy atom. The topological polar surface area (TPSA) is 44.8 Å². The standard InChI is InChI=1S/C13H17BrO4/c1-16-12-8-10(9-13(15)17-2)4-5-11(12)18-7-3-6-14/h4-5,8H,3,6-7,9H2,1-2H3. The van der Waals surface area contributed by atoms with Gasteiger partial charge in [0.2, 0.25) is 0 Å². The number of carbonyl (C=O) groups is 1. The number of ether oxygens (including phenoxy) is 3. The Bertz CT molecular complexity index is 393. The molecule has 100 valence electrons. The first-order valence-corrected chi connectivity index (χ1v) is 6.76. The minimum atomic E-state index is -0.273. The van der Waals surface area contributed by atoms with E-state index in [1.165, 1.54) is 7.11 Å². The lowest BCUT2D eigenvalue weighted by Gasteiger charge is -2.11. The number of hydrogen-bond acceptors (Lipinski definition) is 4. The van der Waals surface area contributed by atoms with Crippen LogP contribution in [0.25, 0.3) is 0 Å². The molecule has 1 rings (SSSR count). The molecule has 4 nitrogen and oxygen atoms in total. The van der Waals surface area contributed by atoms with Gasteiger partial charge in [0.1, 0.15) is 0 Å². The smallest absolute Gasteiger partial charge is 0.309 e. The molecule has 0 radical (unpaired) electrons. The van der Waals surface area contributed by atoms with Gasteiger partial charge in [0, 0.05) is 5.33 Å². The lowest BCUT2D eigenvalue weighted by atomic mass is 10.1. The molecule has 0 aliphatic rings. The summed E-state index contributed by atoms with van der Waals surface area (Å²) in [6, 6.07) is 5.44. The van der Waals surface area contributed by atoms with Gasteiger partial charge in [-0.3, -0.25) is 4.79 Å². The van der Waals surface area contributed by atoms with E-state index in [9.17, 15) is 4.79 Å². The highest BCUT2D eigenvalue weighted by molar-refractivity contribution is 9.09. The summed E-state index contributed by atoms with van der Waals surface area (Å²) < 4.78 is 15.4. The summed E-state index contributed by atoms with van der Waals surface area (Å²) in [7, 11) is 2.95. The molecule has 0 aliphatic heterocycles. The lowest BCUT2D eigenvalue weighted by molar-refractivity contribution is -0.139. The van der Waals surface area contributed by atoms with Crippen molar-refractivity contribution in [1.29, 1.82) is 0 Å². The number of alkyl halides is 1. The van der Waals surface area contributed by atoms with Gasteiger partial charge in [-0.1, -0.05) is 22.0 Å². The van der Waals surface area contributed by atoms with Gasteiger partial charge in [-0.05, 0) is 24.1 Å². The predicted molar refractivity (Wildman–Crippen MR) is 72.6 cm³/mol. The Kier molecular flexibility index (Phi) is 6.57. The SMILES string of the molecule is COC(=O)Cc1ccc(OCCCBr)c(OC)c1. The maximum absolute atomic E-state index is 11.2. The summed E-state index contributed by atoms with van der Waals surface area (Å²) in [6.45, 7) is 0.623. The van der Waals surface area contributed by atoms with Gasteiger partial charge in [0.05, 0.1) is 27.2 Å². The van der Waals surface area contributed by atoms with Gasteiger partial charge >= 0.3 is 5.97 Å². The molecule has 0 saturated carbocycles. The summed E-state index contributed by atoms with van der Waals surface area (Å²) >= 11 is 3.34. The fourth-order valence-corrected chi connectivity index (χ4v) is 1.65. The van der Waals surface area contributed by atoms with Gasteiger partial charge in [-0.2, -0.15) is 0 Å². The van der Waals surface area contributed by atoms with Crippen LogP contribution in [-0.4, -0.2) is 32.1 Å². The van der Waals surface area contributed by atoms with Crippen LogP contribution in [0, 0.1) is 0 Å². The van der Waals surface area contributed by atoms with Crippen LogP contribution in [0.4, 0.5) is 0 Å². The van der Waals surface area contributed by atoms with Gasteiger partial charge in [-0.15, -0.1) is 0 Å². The van der Waals surface area contributed by atoms with Crippen molar-refractivity contribution in [2.75, 3.05) is 26.2 Å². The van der Waals surface area contributed by atoms with Gasteiger partial charge in [0.25, 0.3) is 0 Å². The molecule has 18 heavy (non-hydrogen) atoms. The molecular formula is C13H17BrO4. The average Bonchev–Trinajstić information content (AvgIpc) is 2.40. The third-order valence-corrected chi connectivity index (χ3v) is 2.90. The molecule has 0 amide bonds. The van der Waals surface area contributed by atoms with E-state index in [1.54, 1.807) is 13.2 Å². The normalized spacial score (nSPS) is 9.94. The molecule has 0 bridgehead atoms. The number of halogens is 1. The van der Waals surface area contributed by atoms with Gasteiger partial charge < -0.3 is 14.2 Å². The van der Waals surface area contributed by atoms with E-state index in [1.807, 2.05) is 12.1 Å². The molecule has 1 aromatic rings. The van der Waals surface area contributed by atoms with Crippen molar-refractivity contribution >= 4 is 21.9 Å². The van der Waals surface area contributed by atoms with E-state index in [-0.39, 0.29) is 12.4 Å². The van der Waals surface area contributed by atoms with Crippen molar-refractivity contribution in [2.24, 2.45) is 0 Å². The highest BCUT2D eigenvalue weighted by Gasteiger charge is 2.08. The van der Waals surface area contributed by atoms with Crippen LogP contribution in [0.15, 0.2) is 18.2 Å². The van der Waals surface area contributed by atoms with E-state index >= 15 is 0 Å². The molecule has 0 N–H and O–H groups in total. The zero-order chi connectivity index (χ0) is 13.4. The van der Waals surface area contributed by atoms with E-state index in [0.29, 0.717) is 18.1 Å². The number of benzene rings is 1. The third kappa shape index (κ3) is 4.56. The van der Waals surface area contributed by atoms with Crippen molar-refractivity contribution in [1.82, 2.24) is 0 Å². The molecule has 0 aromatic heterocycles. The molecule has 5 heteroatoms. The second-order valence-corrected chi connectivity index (χ2v) is 4.42. The molecule has 0 unspecified atom stereocenters. The van der Waals surface area contributed by atoms with Crippen molar-refractivity contribution in [2.45, 2.75) is 12.8 Å². The highest BCUT2D eigenvalue weighted by Crippen LogP contribution is 2.28. The van der Waals surface area contributed by atoms with Crippen LogP contribution < -0.4 is 9.47 Å². The Morgan fingerprint density at radius 2 is 2.06 bits per heavy atom. The number of methoxy groups -OCH3 is 2. The number of esters is 1. The minimum absolute atomic E-state index is 0.231. The fraction of sp³-hybridized carbons (Fsp3) is 0.462. The molecule has 0 heterocycles. The molecule has 0 saturated heterocycles. The van der Waals surface area contributed by atoms with E-state index in [4.69, 9.17) is 9.47 Å². The Balaban J connectivity index is 2.73. The van der Waals surface area contributed by atoms with E-state index in [2.05, 4.69) is 20.7 Å². The third-order valence-electron chi connectivity index (χ3n) is 2.34. The van der Waals surface area contributed by atoms with Crippen LogP contribution in [0.3, 0.4) is 0 Å². The Hall–Kier alpha value is -1.23. The monoisotopic (exact) mass is 316 g/mol. The minimum Gasteiger partial charge on any atom is -0.493 e. The predicted octanol–water partition coefficient (Wildman–Crippen LogP) is 2.57. The van der Waals surface area contributed by atoms with Crippen LogP contribution in [-0.2, 0) is 16.0 Å². The summed E-state index contributed by atoms with van der Waals surface area (Å²) in [4.78, 5) is 11.2. The van der Waals surface area contributed by atoms with Crippen molar-refractivity contribution in [3.8, 4) is 11.5 Å². The van der Waals surface area contributed by atoms with Crippen LogP contribution in [0.1, 0.15) is 12.0 Å². The van der Waals surface area contributed by atoms with E-state index in [0.717, 1.165) is 17.3 Å². The highest BCUT2D eigenvalue weighted by atomic mass is 79.9. The van der Waals surface area contributed by atoms with Gasteiger partial charge in [0.15, 0.2) is 11.5 Å². The Morgan fingerprint density at radius 3 is 2.67 bits per heavy atom. The quantitative estimate of drug-likeness (QED) is 0.440. The number of rotatable bonds is 7.